The van der Waals surface area contributed by atoms with Crippen LogP contribution in [0.15, 0.2) is 18.2 Å². The fraction of sp³-hybridized carbons (Fsp3) is 0.462. The highest BCUT2D eigenvalue weighted by Crippen LogP contribution is 2.22. The number of hydrogen-bond donors (Lipinski definition) is 2. The molecule has 1 rings (SSSR count). The molecule has 0 aliphatic heterocycles. The van der Waals surface area contributed by atoms with Crippen molar-refractivity contribution in [2.75, 3.05) is 12.8 Å². The summed E-state index contributed by atoms with van der Waals surface area (Å²) in [5, 5.41) is 2.95. The average molecular weight is 236 g/mol. The number of hydrogen-bond acceptors (Lipinski definition) is 3. The average Bonchev–Trinajstić information content (AvgIpc) is 2.28. The Kier molecular flexibility index (Phi) is 3.99. The summed E-state index contributed by atoms with van der Waals surface area (Å²) in [6.45, 7) is 6.00. The minimum atomic E-state index is -0.216. The van der Waals surface area contributed by atoms with Gasteiger partial charge in [0.25, 0.3) is 5.91 Å². The van der Waals surface area contributed by atoms with Crippen LogP contribution < -0.4 is 15.8 Å². The Morgan fingerprint density at radius 1 is 1.47 bits per heavy atom. The van der Waals surface area contributed by atoms with Crippen LogP contribution in [-0.2, 0) is 0 Å². The first-order chi connectivity index (χ1) is 7.89. The van der Waals surface area contributed by atoms with E-state index in [1.165, 1.54) is 0 Å². The third-order valence-electron chi connectivity index (χ3n) is 2.83. The van der Waals surface area contributed by atoms with Gasteiger partial charge in [-0.15, -0.1) is 0 Å². The number of nitrogens with one attached hydrogen (secondary N) is 1. The van der Waals surface area contributed by atoms with Crippen LogP contribution in [0.1, 0.15) is 37.6 Å². The van der Waals surface area contributed by atoms with E-state index >= 15 is 0 Å². The van der Waals surface area contributed by atoms with Crippen LogP contribution in [0, 0.1) is 0 Å². The van der Waals surface area contributed by atoms with E-state index in [0.717, 1.165) is 6.42 Å². The molecule has 17 heavy (non-hydrogen) atoms. The van der Waals surface area contributed by atoms with Crippen molar-refractivity contribution in [1.29, 1.82) is 0 Å². The van der Waals surface area contributed by atoms with E-state index in [0.29, 0.717) is 17.0 Å². The standard InChI is InChI=1S/C13H20N2O2/c1-5-13(2,3)15-12(16)9-6-7-11(17-4)10(14)8-9/h6-8H,5,14H2,1-4H3,(H,15,16). The number of anilines is 1. The van der Waals surface area contributed by atoms with Crippen LogP contribution in [0.3, 0.4) is 0 Å². The van der Waals surface area contributed by atoms with Gasteiger partial charge in [-0.05, 0) is 38.5 Å². The van der Waals surface area contributed by atoms with Crippen molar-refractivity contribution >= 4 is 11.6 Å². The summed E-state index contributed by atoms with van der Waals surface area (Å²) < 4.78 is 5.05. The van der Waals surface area contributed by atoms with Gasteiger partial charge >= 0.3 is 0 Å². The maximum atomic E-state index is 12.0. The van der Waals surface area contributed by atoms with Crippen molar-refractivity contribution in [2.45, 2.75) is 32.7 Å². The number of benzene rings is 1. The van der Waals surface area contributed by atoms with Crippen molar-refractivity contribution < 1.29 is 9.53 Å². The van der Waals surface area contributed by atoms with Crippen molar-refractivity contribution in [2.24, 2.45) is 0 Å². The molecule has 3 N–H and O–H groups in total. The number of nitrogens with two attached hydrogens (primary N) is 1. The van der Waals surface area contributed by atoms with Gasteiger partial charge in [-0.3, -0.25) is 4.79 Å². The molecule has 0 atom stereocenters. The van der Waals surface area contributed by atoms with Gasteiger partial charge in [-0.2, -0.15) is 0 Å². The normalized spacial score (nSPS) is 11.1. The maximum Gasteiger partial charge on any atom is 0.251 e. The topological polar surface area (TPSA) is 64.3 Å². The minimum Gasteiger partial charge on any atom is -0.495 e. The third-order valence-corrected chi connectivity index (χ3v) is 2.83. The van der Waals surface area contributed by atoms with E-state index in [1.807, 2.05) is 20.8 Å². The molecule has 0 bridgehead atoms. The molecule has 0 aliphatic carbocycles. The molecule has 0 fully saturated rings. The molecule has 0 unspecified atom stereocenters. The van der Waals surface area contributed by atoms with Crippen LogP contribution in [0.2, 0.25) is 0 Å². The van der Waals surface area contributed by atoms with E-state index < -0.39 is 0 Å². The molecular weight excluding hydrogens is 216 g/mol. The van der Waals surface area contributed by atoms with Crippen LogP contribution in [0.25, 0.3) is 0 Å². The maximum absolute atomic E-state index is 12.0. The summed E-state index contributed by atoms with van der Waals surface area (Å²) in [5.74, 6) is 0.461. The number of methoxy groups -OCH3 is 1. The molecule has 1 amide bonds. The molecule has 0 aromatic heterocycles. The summed E-state index contributed by atoms with van der Waals surface area (Å²) >= 11 is 0. The van der Waals surface area contributed by atoms with Crippen molar-refractivity contribution in [3.8, 4) is 5.75 Å². The Morgan fingerprint density at radius 2 is 2.12 bits per heavy atom. The van der Waals surface area contributed by atoms with Gasteiger partial charge in [0, 0.05) is 11.1 Å². The second-order valence-corrected chi connectivity index (χ2v) is 4.65. The number of carbonyl (C=O) groups excluding carboxylic acids is 1. The third kappa shape index (κ3) is 3.37. The monoisotopic (exact) mass is 236 g/mol. The van der Waals surface area contributed by atoms with Crippen LogP contribution in [-0.4, -0.2) is 18.6 Å². The lowest BCUT2D eigenvalue weighted by Gasteiger charge is -2.24. The zero-order chi connectivity index (χ0) is 13.1. The van der Waals surface area contributed by atoms with Gasteiger partial charge < -0.3 is 15.8 Å². The van der Waals surface area contributed by atoms with Gasteiger partial charge in [-0.25, -0.2) is 0 Å². The molecule has 0 spiro atoms. The molecule has 0 heterocycles. The Hall–Kier alpha value is -1.71. The molecule has 0 saturated carbocycles. The van der Waals surface area contributed by atoms with E-state index in [9.17, 15) is 4.79 Å². The molecule has 0 aliphatic rings. The highest BCUT2D eigenvalue weighted by Gasteiger charge is 2.19. The van der Waals surface area contributed by atoms with Crippen LogP contribution >= 0.6 is 0 Å². The zero-order valence-corrected chi connectivity index (χ0v) is 10.8. The zero-order valence-electron chi connectivity index (χ0n) is 10.8. The van der Waals surface area contributed by atoms with Gasteiger partial charge in [0.1, 0.15) is 5.75 Å². The summed E-state index contributed by atoms with van der Waals surface area (Å²) in [4.78, 5) is 12.0. The summed E-state index contributed by atoms with van der Waals surface area (Å²) in [6, 6.07) is 5.03. The van der Waals surface area contributed by atoms with Gasteiger partial charge in [-0.1, -0.05) is 6.92 Å². The van der Waals surface area contributed by atoms with E-state index in [-0.39, 0.29) is 11.4 Å². The molecule has 1 aromatic rings. The molecular formula is C13H20N2O2. The molecule has 0 saturated heterocycles. The molecule has 4 heteroatoms. The smallest absolute Gasteiger partial charge is 0.251 e. The van der Waals surface area contributed by atoms with E-state index in [2.05, 4.69) is 5.32 Å². The van der Waals surface area contributed by atoms with Gasteiger partial charge in [0.05, 0.1) is 12.8 Å². The molecule has 94 valence electrons. The number of amides is 1. The van der Waals surface area contributed by atoms with E-state index in [1.54, 1.807) is 25.3 Å². The fourth-order valence-corrected chi connectivity index (χ4v) is 1.34. The van der Waals surface area contributed by atoms with Crippen LogP contribution in [0.4, 0.5) is 5.69 Å². The fourth-order valence-electron chi connectivity index (χ4n) is 1.34. The molecule has 4 nitrogen and oxygen atoms in total. The lowest BCUT2D eigenvalue weighted by molar-refractivity contribution is 0.0911. The lowest BCUT2D eigenvalue weighted by Crippen LogP contribution is -2.42. The summed E-state index contributed by atoms with van der Waals surface area (Å²) in [7, 11) is 1.55. The highest BCUT2D eigenvalue weighted by atomic mass is 16.5. The largest absolute Gasteiger partial charge is 0.495 e. The van der Waals surface area contributed by atoms with Gasteiger partial charge in [0.2, 0.25) is 0 Å². The number of nitrogen functional groups attached to an aromatic ring is 1. The number of rotatable bonds is 4. The lowest BCUT2D eigenvalue weighted by atomic mass is 10.0. The van der Waals surface area contributed by atoms with E-state index in [4.69, 9.17) is 10.5 Å². The predicted molar refractivity (Wildman–Crippen MR) is 69.2 cm³/mol. The molecule has 0 radical (unpaired) electrons. The number of ether oxygens (including phenoxy) is 1. The first-order valence-corrected chi connectivity index (χ1v) is 5.65. The SMILES string of the molecule is CCC(C)(C)NC(=O)c1ccc(OC)c(N)c1. The predicted octanol–water partition coefficient (Wildman–Crippen LogP) is 2.20. The second kappa shape index (κ2) is 5.08. The van der Waals surface area contributed by atoms with Crippen molar-refractivity contribution in [1.82, 2.24) is 5.32 Å². The first-order valence-electron chi connectivity index (χ1n) is 5.65. The Labute approximate surface area is 102 Å². The Bertz CT molecular complexity index is 414. The minimum absolute atomic E-state index is 0.119. The van der Waals surface area contributed by atoms with Crippen molar-refractivity contribution in [3.63, 3.8) is 0 Å². The quantitative estimate of drug-likeness (QED) is 0.788. The summed E-state index contributed by atoms with van der Waals surface area (Å²) in [5.41, 5.74) is 6.56. The summed E-state index contributed by atoms with van der Waals surface area (Å²) in [6.07, 6.45) is 0.865. The first kappa shape index (κ1) is 13.4. The van der Waals surface area contributed by atoms with Gasteiger partial charge in [0.15, 0.2) is 0 Å². The van der Waals surface area contributed by atoms with Crippen molar-refractivity contribution in [3.05, 3.63) is 23.8 Å². The Balaban J connectivity index is 2.87. The molecule has 1 aromatic carbocycles. The van der Waals surface area contributed by atoms with Crippen LogP contribution in [0.5, 0.6) is 5.75 Å². The Morgan fingerprint density at radius 3 is 2.59 bits per heavy atom. The highest BCUT2D eigenvalue weighted by molar-refractivity contribution is 5.95. The second-order valence-electron chi connectivity index (χ2n) is 4.65. The number of carbonyl (C=O) groups is 1.